The van der Waals surface area contributed by atoms with Gasteiger partial charge in [0.25, 0.3) is 0 Å². The Kier molecular flexibility index (Phi) is 7.02. The van der Waals surface area contributed by atoms with Crippen molar-refractivity contribution in [3.8, 4) is 0 Å². The number of benzene rings is 2. The molecule has 0 bridgehead atoms. The van der Waals surface area contributed by atoms with E-state index >= 15 is 0 Å². The number of amides is 1. The molecule has 7 nitrogen and oxygen atoms in total. The van der Waals surface area contributed by atoms with Crippen LogP contribution in [0.3, 0.4) is 0 Å². The van der Waals surface area contributed by atoms with Crippen molar-refractivity contribution in [2.45, 2.75) is 33.7 Å². The molecule has 1 amide bonds. The lowest BCUT2D eigenvalue weighted by Gasteiger charge is -2.28. The Morgan fingerprint density at radius 3 is 2.38 bits per heavy atom. The normalized spacial score (nSPS) is 12.2. The van der Waals surface area contributed by atoms with Crippen LogP contribution in [0, 0.1) is 13.8 Å². The summed E-state index contributed by atoms with van der Waals surface area (Å²) in [6, 6.07) is 10.8. The Balaban J connectivity index is 2.27. The highest BCUT2D eigenvalue weighted by atomic mass is 32.2. The molecule has 1 N–H and O–H groups in total. The van der Waals surface area contributed by atoms with Crippen LogP contribution < -0.4 is 9.62 Å². The van der Waals surface area contributed by atoms with Crippen molar-refractivity contribution < 1.29 is 22.7 Å². The summed E-state index contributed by atoms with van der Waals surface area (Å²) in [7, 11) is -3.69. The van der Waals surface area contributed by atoms with E-state index in [9.17, 15) is 18.0 Å². The van der Waals surface area contributed by atoms with Gasteiger partial charge < -0.3 is 10.1 Å². The van der Waals surface area contributed by atoms with Crippen molar-refractivity contribution in [2.24, 2.45) is 0 Å². The van der Waals surface area contributed by atoms with Crippen molar-refractivity contribution in [3.05, 3.63) is 59.2 Å². The van der Waals surface area contributed by atoms with Crippen LogP contribution >= 0.6 is 0 Å². The molecular weight excluding hydrogens is 392 g/mol. The number of carbonyl (C=O) groups is 2. The highest BCUT2D eigenvalue weighted by Gasteiger charge is 2.29. The summed E-state index contributed by atoms with van der Waals surface area (Å²) in [5.41, 5.74) is 2.84. The number of aryl methyl sites for hydroxylation is 2. The quantitative estimate of drug-likeness (QED) is 0.697. The molecule has 0 saturated carbocycles. The van der Waals surface area contributed by atoms with Crippen LogP contribution in [0.25, 0.3) is 0 Å². The minimum atomic E-state index is -3.69. The third kappa shape index (κ3) is 5.57. The van der Waals surface area contributed by atoms with E-state index < -0.39 is 27.9 Å². The van der Waals surface area contributed by atoms with Gasteiger partial charge in [-0.15, -0.1) is 0 Å². The number of anilines is 2. The summed E-state index contributed by atoms with van der Waals surface area (Å²) < 4.78 is 30.8. The topological polar surface area (TPSA) is 92.8 Å². The Morgan fingerprint density at radius 2 is 1.83 bits per heavy atom. The number of carbonyl (C=O) groups excluding carboxylic acids is 2. The lowest BCUT2D eigenvalue weighted by molar-refractivity contribution is -0.116. The Bertz CT molecular complexity index is 1020. The molecule has 0 heterocycles. The molecule has 8 heteroatoms. The zero-order valence-electron chi connectivity index (χ0n) is 17.2. The van der Waals surface area contributed by atoms with E-state index in [1.54, 1.807) is 50.2 Å². The molecule has 1 unspecified atom stereocenters. The maximum absolute atomic E-state index is 12.8. The fourth-order valence-electron chi connectivity index (χ4n) is 2.96. The lowest BCUT2D eigenvalue weighted by Crippen LogP contribution is -2.45. The third-order valence-corrected chi connectivity index (χ3v) is 5.58. The fraction of sp³-hybridized carbons (Fsp3) is 0.333. The number of nitrogens with one attached hydrogen (secondary N) is 1. The third-order valence-electron chi connectivity index (χ3n) is 4.34. The molecule has 0 aliphatic carbocycles. The molecule has 0 fully saturated rings. The number of rotatable bonds is 7. The first kappa shape index (κ1) is 22.4. The average Bonchev–Trinajstić information content (AvgIpc) is 2.62. The van der Waals surface area contributed by atoms with E-state index in [1.165, 1.54) is 6.92 Å². The number of sulfonamides is 1. The second-order valence-electron chi connectivity index (χ2n) is 6.81. The zero-order chi connectivity index (χ0) is 21.8. The Morgan fingerprint density at radius 1 is 1.14 bits per heavy atom. The fourth-order valence-corrected chi connectivity index (χ4v) is 4.12. The maximum Gasteiger partial charge on any atom is 0.338 e. The summed E-state index contributed by atoms with van der Waals surface area (Å²) in [6.07, 6.45) is 1.07. The summed E-state index contributed by atoms with van der Waals surface area (Å²) in [4.78, 5) is 24.7. The summed E-state index contributed by atoms with van der Waals surface area (Å²) >= 11 is 0. The molecule has 29 heavy (non-hydrogen) atoms. The standard InChI is InChI=1S/C21H26N2O5S/c1-6-28-21(25)17-10-11-19(15(3)13-17)22-20(24)16(4)23(29(5,26)27)18-9-7-8-14(2)12-18/h7-13,16H,6H2,1-5H3,(H,22,24). The molecule has 0 spiro atoms. The minimum Gasteiger partial charge on any atom is -0.462 e. The molecule has 0 aliphatic heterocycles. The average molecular weight is 419 g/mol. The number of esters is 1. The van der Waals surface area contributed by atoms with Crippen LogP contribution in [-0.2, 0) is 19.6 Å². The summed E-state index contributed by atoms with van der Waals surface area (Å²) in [5.74, 6) is -0.923. The molecule has 2 aromatic carbocycles. The molecule has 0 radical (unpaired) electrons. The number of nitrogens with zero attached hydrogens (tertiary/aromatic N) is 1. The van der Waals surface area contributed by atoms with Crippen molar-refractivity contribution in [3.63, 3.8) is 0 Å². The van der Waals surface area contributed by atoms with E-state index in [-0.39, 0.29) is 6.61 Å². The number of hydrogen-bond donors (Lipinski definition) is 1. The molecule has 2 rings (SSSR count). The molecule has 0 aromatic heterocycles. The van der Waals surface area contributed by atoms with Crippen molar-refractivity contribution in [2.75, 3.05) is 22.5 Å². The first-order chi connectivity index (χ1) is 13.5. The van der Waals surface area contributed by atoms with E-state index in [0.717, 1.165) is 16.1 Å². The molecule has 1 atom stereocenters. The van der Waals surface area contributed by atoms with Crippen LogP contribution in [0.15, 0.2) is 42.5 Å². The molecule has 0 aliphatic rings. The number of ether oxygens (including phenoxy) is 1. The van der Waals surface area contributed by atoms with Gasteiger partial charge in [-0.1, -0.05) is 12.1 Å². The van der Waals surface area contributed by atoms with Gasteiger partial charge in [0.2, 0.25) is 15.9 Å². The smallest absolute Gasteiger partial charge is 0.338 e. The Hall–Kier alpha value is -2.87. The lowest BCUT2D eigenvalue weighted by atomic mass is 10.1. The van der Waals surface area contributed by atoms with Gasteiger partial charge in [-0.05, 0) is 69.2 Å². The van der Waals surface area contributed by atoms with Crippen molar-refractivity contribution in [1.29, 1.82) is 0 Å². The van der Waals surface area contributed by atoms with E-state index in [1.807, 2.05) is 13.0 Å². The highest BCUT2D eigenvalue weighted by molar-refractivity contribution is 7.92. The largest absolute Gasteiger partial charge is 0.462 e. The summed E-state index contributed by atoms with van der Waals surface area (Å²) in [5, 5.41) is 2.75. The van der Waals surface area contributed by atoms with Gasteiger partial charge >= 0.3 is 5.97 Å². The van der Waals surface area contributed by atoms with Crippen LogP contribution in [-0.4, -0.2) is 39.2 Å². The van der Waals surface area contributed by atoms with Gasteiger partial charge in [-0.2, -0.15) is 0 Å². The Labute approximate surface area is 171 Å². The molecule has 0 saturated heterocycles. The van der Waals surface area contributed by atoms with Crippen LogP contribution in [0.2, 0.25) is 0 Å². The van der Waals surface area contributed by atoms with Gasteiger partial charge in [0.15, 0.2) is 0 Å². The first-order valence-electron chi connectivity index (χ1n) is 9.19. The predicted octanol–water partition coefficient (Wildman–Crippen LogP) is 3.27. The van der Waals surface area contributed by atoms with Gasteiger partial charge in [-0.25, -0.2) is 13.2 Å². The second kappa shape index (κ2) is 9.09. The monoisotopic (exact) mass is 418 g/mol. The van der Waals surface area contributed by atoms with Crippen molar-refractivity contribution >= 4 is 33.3 Å². The van der Waals surface area contributed by atoms with Gasteiger partial charge in [0, 0.05) is 5.69 Å². The van der Waals surface area contributed by atoms with Crippen LogP contribution in [0.1, 0.15) is 35.3 Å². The first-order valence-corrected chi connectivity index (χ1v) is 11.0. The molecule has 156 valence electrons. The second-order valence-corrected chi connectivity index (χ2v) is 8.67. The van der Waals surface area contributed by atoms with Crippen LogP contribution in [0.5, 0.6) is 0 Å². The van der Waals surface area contributed by atoms with E-state index in [4.69, 9.17) is 4.74 Å². The molecule has 2 aromatic rings. The maximum atomic E-state index is 12.8. The predicted molar refractivity (Wildman–Crippen MR) is 114 cm³/mol. The highest BCUT2D eigenvalue weighted by Crippen LogP contribution is 2.23. The minimum absolute atomic E-state index is 0.272. The molecular formula is C21H26N2O5S. The zero-order valence-corrected chi connectivity index (χ0v) is 18.0. The van der Waals surface area contributed by atoms with Gasteiger partial charge in [-0.3, -0.25) is 9.10 Å². The SMILES string of the molecule is CCOC(=O)c1ccc(NC(=O)C(C)N(c2cccc(C)c2)S(C)(=O)=O)c(C)c1. The van der Waals surface area contributed by atoms with Crippen molar-refractivity contribution in [1.82, 2.24) is 0 Å². The van der Waals surface area contributed by atoms with Crippen LogP contribution in [0.4, 0.5) is 11.4 Å². The summed E-state index contributed by atoms with van der Waals surface area (Å²) in [6.45, 7) is 7.12. The van der Waals surface area contributed by atoms with E-state index in [0.29, 0.717) is 22.5 Å². The van der Waals surface area contributed by atoms with Gasteiger partial charge in [0.1, 0.15) is 6.04 Å². The van der Waals surface area contributed by atoms with E-state index in [2.05, 4.69) is 5.32 Å². The van der Waals surface area contributed by atoms with Gasteiger partial charge in [0.05, 0.1) is 24.1 Å². The number of hydrogen-bond acceptors (Lipinski definition) is 5.